The molecule has 0 aromatic carbocycles. The van der Waals surface area contributed by atoms with Crippen LogP contribution >= 0.6 is 0 Å². The molecular weight excluding hydrogens is 292 g/mol. The highest BCUT2D eigenvalue weighted by Gasteiger charge is 2.31. The van der Waals surface area contributed by atoms with Gasteiger partial charge in [-0.15, -0.1) is 0 Å². The van der Waals surface area contributed by atoms with Crippen molar-refractivity contribution in [3.8, 4) is 0 Å². The lowest BCUT2D eigenvalue weighted by Crippen LogP contribution is -2.56. The van der Waals surface area contributed by atoms with Gasteiger partial charge in [-0.2, -0.15) is 0 Å². The minimum atomic E-state index is 0.481. The largest absolute Gasteiger partial charge is 0.379 e. The van der Waals surface area contributed by atoms with Gasteiger partial charge in [-0.05, 0) is 38.1 Å². The monoisotopic (exact) mass is 329 g/mol. The number of nitrogens with zero attached hydrogens (tertiary/aromatic N) is 1. The summed E-state index contributed by atoms with van der Waals surface area (Å²) >= 11 is 0. The first kappa shape index (κ1) is 19.1. The maximum Gasteiger partial charge on any atom is 0.103 e. The van der Waals surface area contributed by atoms with Gasteiger partial charge in [-0.1, -0.05) is 6.92 Å². The van der Waals surface area contributed by atoms with Crippen molar-refractivity contribution in [3.63, 3.8) is 0 Å². The number of ether oxygens (including phenoxy) is 3. The number of likely N-dealkylation sites (N-methyl/N-ethyl adjacent to an activating group) is 1. The van der Waals surface area contributed by atoms with Crippen molar-refractivity contribution in [2.75, 3.05) is 78.9 Å². The third-order valence-electron chi connectivity index (χ3n) is 6.03. The fraction of sp³-hybridized carbons (Fsp3) is 1.00. The Balaban J connectivity index is 1.47. The molecule has 2 rings (SSSR count). The molecular formula is C18H37N2O3+. The normalized spacial score (nSPS) is 27.4. The second-order valence-corrected chi connectivity index (χ2v) is 7.20. The van der Waals surface area contributed by atoms with Crippen LogP contribution in [0, 0.1) is 5.41 Å². The molecule has 1 atom stereocenters. The number of hydrogen-bond donors (Lipinski definition) is 1. The molecule has 0 bridgehead atoms. The average Bonchev–Trinajstić information content (AvgIpc) is 3.07. The Labute approximate surface area is 142 Å². The van der Waals surface area contributed by atoms with E-state index in [2.05, 4.69) is 19.2 Å². The van der Waals surface area contributed by atoms with Crippen molar-refractivity contribution in [2.45, 2.75) is 33.1 Å². The Morgan fingerprint density at radius 1 is 1.04 bits per heavy atom. The van der Waals surface area contributed by atoms with Crippen LogP contribution in [-0.4, -0.2) is 83.4 Å². The minimum absolute atomic E-state index is 0.481. The Kier molecular flexibility index (Phi) is 8.27. The van der Waals surface area contributed by atoms with Crippen molar-refractivity contribution in [2.24, 2.45) is 5.41 Å². The highest BCUT2D eigenvalue weighted by Crippen LogP contribution is 2.32. The van der Waals surface area contributed by atoms with E-state index in [9.17, 15) is 0 Å². The van der Waals surface area contributed by atoms with Gasteiger partial charge in [0.15, 0.2) is 0 Å². The molecule has 2 heterocycles. The van der Waals surface area contributed by atoms with Gasteiger partial charge in [0.2, 0.25) is 0 Å². The van der Waals surface area contributed by atoms with Gasteiger partial charge in [0, 0.05) is 13.2 Å². The second kappa shape index (κ2) is 9.94. The summed E-state index contributed by atoms with van der Waals surface area (Å²) in [6, 6.07) is 0. The summed E-state index contributed by atoms with van der Waals surface area (Å²) in [5.41, 5.74) is 0.481. The van der Waals surface area contributed by atoms with Gasteiger partial charge in [-0.3, -0.25) is 0 Å². The van der Waals surface area contributed by atoms with Crippen molar-refractivity contribution >= 4 is 0 Å². The van der Waals surface area contributed by atoms with Crippen LogP contribution in [-0.2, 0) is 14.2 Å². The van der Waals surface area contributed by atoms with Gasteiger partial charge in [0.1, 0.15) is 19.6 Å². The van der Waals surface area contributed by atoms with E-state index in [1.54, 1.807) is 0 Å². The molecule has 0 aromatic heterocycles. The maximum atomic E-state index is 5.79. The van der Waals surface area contributed by atoms with Crippen LogP contribution in [0.25, 0.3) is 0 Å². The lowest BCUT2D eigenvalue weighted by atomic mass is 9.81. The summed E-state index contributed by atoms with van der Waals surface area (Å²) in [5.74, 6) is 0. The number of morpholine rings is 1. The zero-order chi connectivity index (χ0) is 16.4. The predicted octanol–water partition coefficient (Wildman–Crippen LogP) is 1.67. The third-order valence-corrected chi connectivity index (χ3v) is 6.03. The van der Waals surface area contributed by atoms with E-state index in [1.807, 2.05) is 0 Å². The first-order valence-electron chi connectivity index (χ1n) is 9.53. The van der Waals surface area contributed by atoms with E-state index in [-0.39, 0.29) is 0 Å². The van der Waals surface area contributed by atoms with Gasteiger partial charge in [0.25, 0.3) is 0 Å². The van der Waals surface area contributed by atoms with Crippen LogP contribution in [0.1, 0.15) is 33.1 Å². The molecule has 1 N–H and O–H groups in total. The molecule has 0 radical (unpaired) electrons. The van der Waals surface area contributed by atoms with Crippen LogP contribution in [0.4, 0.5) is 0 Å². The van der Waals surface area contributed by atoms with Crippen molar-refractivity contribution in [1.29, 1.82) is 0 Å². The van der Waals surface area contributed by atoms with Gasteiger partial charge < -0.3 is 24.0 Å². The molecule has 136 valence electrons. The topological polar surface area (TPSA) is 39.7 Å². The Morgan fingerprint density at radius 3 is 2.39 bits per heavy atom. The average molecular weight is 330 g/mol. The highest BCUT2D eigenvalue weighted by molar-refractivity contribution is 4.86. The molecule has 0 spiro atoms. The molecule has 2 fully saturated rings. The smallest absolute Gasteiger partial charge is 0.103 e. The lowest BCUT2D eigenvalue weighted by molar-refractivity contribution is -0.933. The van der Waals surface area contributed by atoms with Crippen molar-refractivity contribution in [1.82, 2.24) is 5.32 Å². The first-order valence-corrected chi connectivity index (χ1v) is 9.53. The van der Waals surface area contributed by atoms with E-state index >= 15 is 0 Å². The SMILES string of the molecule is CCC1(CCOCCOCC[N+]2(CC)CCOCC2)CCNC1. The summed E-state index contributed by atoms with van der Waals surface area (Å²) in [6.45, 7) is 16.4. The number of hydrogen-bond acceptors (Lipinski definition) is 4. The number of rotatable bonds is 11. The molecule has 2 saturated heterocycles. The summed E-state index contributed by atoms with van der Waals surface area (Å²) in [5, 5.41) is 3.48. The molecule has 1 unspecified atom stereocenters. The molecule has 0 amide bonds. The maximum absolute atomic E-state index is 5.79. The lowest BCUT2D eigenvalue weighted by Gasteiger charge is -2.40. The fourth-order valence-electron chi connectivity index (χ4n) is 3.78. The summed E-state index contributed by atoms with van der Waals surface area (Å²) in [7, 11) is 0. The molecule has 0 aromatic rings. The standard InChI is InChI=1S/C18H37N2O3/c1-3-18(5-7-19-17-18)6-11-21-15-16-23-14-10-20(4-2)8-12-22-13-9-20/h19H,3-17H2,1-2H3/q+1. The fourth-order valence-corrected chi connectivity index (χ4v) is 3.78. The number of nitrogens with one attached hydrogen (secondary N) is 1. The summed E-state index contributed by atoms with van der Waals surface area (Å²) in [4.78, 5) is 0. The molecule has 2 aliphatic heterocycles. The molecule has 0 saturated carbocycles. The van der Waals surface area contributed by atoms with Crippen molar-refractivity contribution in [3.05, 3.63) is 0 Å². The summed E-state index contributed by atoms with van der Waals surface area (Å²) < 4.78 is 18.2. The Morgan fingerprint density at radius 2 is 1.78 bits per heavy atom. The second-order valence-electron chi connectivity index (χ2n) is 7.20. The van der Waals surface area contributed by atoms with Gasteiger partial charge in [-0.25, -0.2) is 0 Å². The van der Waals surface area contributed by atoms with E-state index in [4.69, 9.17) is 14.2 Å². The summed E-state index contributed by atoms with van der Waals surface area (Å²) in [6.07, 6.45) is 3.72. The third kappa shape index (κ3) is 5.98. The van der Waals surface area contributed by atoms with Crippen molar-refractivity contribution < 1.29 is 18.7 Å². The molecule has 0 aliphatic carbocycles. The van der Waals surface area contributed by atoms with E-state index in [1.165, 1.54) is 32.4 Å². The van der Waals surface area contributed by atoms with E-state index < -0.39 is 0 Å². The van der Waals surface area contributed by atoms with E-state index in [0.29, 0.717) is 5.41 Å². The Bertz CT molecular complexity index is 313. The van der Waals surface area contributed by atoms with Gasteiger partial charge in [0.05, 0.1) is 39.6 Å². The number of quaternary nitrogens is 1. The highest BCUT2D eigenvalue weighted by atomic mass is 16.5. The predicted molar refractivity (Wildman–Crippen MR) is 92.7 cm³/mol. The zero-order valence-electron chi connectivity index (χ0n) is 15.3. The van der Waals surface area contributed by atoms with E-state index in [0.717, 1.165) is 70.3 Å². The quantitative estimate of drug-likeness (QED) is 0.462. The van der Waals surface area contributed by atoms with Crippen LogP contribution in [0.2, 0.25) is 0 Å². The zero-order valence-corrected chi connectivity index (χ0v) is 15.3. The minimum Gasteiger partial charge on any atom is -0.379 e. The van der Waals surface area contributed by atoms with Crippen LogP contribution in [0.5, 0.6) is 0 Å². The Hall–Kier alpha value is -0.200. The van der Waals surface area contributed by atoms with Gasteiger partial charge >= 0.3 is 0 Å². The molecule has 23 heavy (non-hydrogen) atoms. The van der Waals surface area contributed by atoms with Crippen LogP contribution < -0.4 is 5.32 Å². The van der Waals surface area contributed by atoms with Crippen LogP contribution in [0.15, 0.2) is 0 Å². The molecule has 5 nitrogen and oxygen atoms in total. The van der Waals surface area contributed by atoms with Crippen LogP contribution in [0.3, 0.4) is 0 Å². The molecule has 5 heteroatoms. The molecule has 2 aliphatic rings. The first-order chi connectivity index (χ1) is 11.2.